The summed E-state index contributed by atoms with van der Waals surface area (Å²) in [5, 5.41) is 1.83. The molecular formula is C17H19N3O3S. The fraction of sp³-hybridized carbons (Fsp3) is 0.353. The van der Waals surface area contributed by atoms with Crippen molar-refractivity contribution >= 4 is 39.7 Å². The van der Waals surface area contributed by atoms with Crippen LogP contribution in [0.15, 0.2) is 34.3 Å². The fourth-order valence-corrected chi connectivity index (χ4v) is 3.07. The van der Waals surface area contributed by atoms with Gasteiger partial charge in [0.25, 0.3) is 5.56 Å². The second-order valence-electron chi connectivity index (χ2n) is 6.36. The lowest BCUT2D eigenvalue weighted by molar-refractivity contribution is 0.0544. The van der Waals surface area contributed by atoms with Crippen molar-refractivity contribution in [2.45, 2.75) is 38.5 Å². The Morgan fingerprint density at radius 1 is 1.29 bits per heavy atom. The first-order valence-corrected chi connectivity index (χ1v) is 8.69. The molecule has 2 aromatic heterocycles. The predicted molar refractivity (Wildman–Crippen MR) is 95.9 cm³/mol. The van der Waals surface area contributed by atoms with E-state index < -0.39 is 11.7 Å². The zero-order chi connectivity index (χ0) is 17.5. The fourth-order valence-electron chi connectivity index (χ4n) is 2.47. The zero-order valence-corrected chi connectivity index (χ0v) is 14.9. The van der Waals surface area contributed by atoms with Crippen molar-refractivity contribution in [3.63, 3.8) is 0 Å². The lowest BCUT2D eigenvalue weighted by Crippen LogP contribution is -2.26. The molecule has 0 amide bonds. The summed E-state index contributed by atoms with van der Waals surface area (Å²) in [6.45, 7) is 7.46. The van der Waals surface area contributed by atoms with E-state index in [1.54, 1.807) is 24.4 Å². The maximum absolute atomic E-state index is 12.4. The number of carbonyl (C=O) groups is 1. The maximum atomic E-state index is 12.4. The molecule has 3 aromatic rings. The number of aromatic amines is 1. The van der Waals surface area contributed by atoms with Crippen LogP contribution in [-0.2, 0) is 4.74 Å². The summed E-state index contributed by atoms with van der Waals surface area (Å²) < 4.78 is 6.86. The molecule has 24 heavy (non-hydrogen) atoms. The monoisotopic (exact) mass is 345 g/mol. The van der Waals surface area contributed by atoms with Gasteiger partial charge in [-0.15, -0.1) is 0 Å². The van der Waals surface area contributed by atoms with E-state index in [-0.39, 0.29) is 5.56 Å². The first kappa shape index (κ1) is 16.6. The lowest BCUT2D eigenvalue weighted by atomic mass is 10.2. The summed E-state index contributed by atoms with van der Waals surface area (Å²) in [6, 6.07) is 5.21. The van der Waals surface area contributed by atoms with Gasteiger partial charge in [-0.1, -0.05) is 18.7 Å². The second kappa shape index (κ2) is 5.98. The van der Waals surface area contributed by atoms with Gasteiger partial charge in [-0.05, 0) is 44.7 Å². The Morgan fingerprint density at radius 2 is 2.04 bits per heavy atom. The molecule has 0 fully saturated rings. The minimum Gasteiger partial charge on any atom is -0.443 e. The van der Waals surface area contributed by atoms with Gasteiger partial charge in [-0.3, -0.25) is 9.36 Å². The number of H-pyrrole nitrogens is 1. The Labute approximate surface area is 143 Å². The molecule has 6 nitrogen and oxygen atoms in total. The van der Waals surface area contributed by atoms with E-state index in [0.29, 0.717) is 21.6 Å². The number of hydrogen-bond donors (Lipinski definition) is 1. The highest BCUT2D eigenvalue weighted by Crippen LogP contribution is 2.25. The zero-order valence-electron chi connectivity index (χ0n) is 14.0. The molecule has 7 heteroatoms. The van der Waals surface area contributed by atoms with Gasteiger partial charge in [0.2, 0.25) is 0 Å². The highest BCUT2D eigenvalue weighted by Gasteiger charge is 2.20. The number of hydrogen-bond acceptors (Lipinski definition) is 5. The molecule has 1 aromatic carbocycles. The molecule has 1 N–H and O–H groups in total. The summed E-state index contributed by atoms with van der Waals surface area (Å²) in [5.41, 5.74) is 0.505. The first-order chi connectivity index (χ1) is 11.3. The Balaban J connectivity index is 2.19. The molecule has 0 aliphatic rings. The lowest BCUT2D eigenvalue weighted by Gasteiger charge is -2.19. The highest BCUT2D eigenvalue weighted by atomic mass is 32.2. The third-order valence-corrected chi connectivity index (χ3v) is 4.15. The van der Waals surface area contributed by atoms with Crippen molar-refractivity contribution in [3.05, 3.63) is 34.7 Å². The molecule has 0 spiro atoms. The van der Waals surface area contributed by atoms with E-state index in [9.17, 15) is 9.59 Å². The van der Waals surface area contributed by atoms with Crippen molar-refractivity contribution in [1.29, 1.82) is 0 Å². The van der Waals surface area contributed by atoms with Crippen LogP contribution in [0.1, 0.15) is 27.7 Å². The van der Waals surface area contributed by atoms with Gasteiger partial charge in [0.15, 0.2) is 5.16 Å². The van der Waals surface area contributed by atoms with E-state index >= 15 is 0 Å². The summed E-state index contributed by atoms with van der Waals surface area (Å²) in [5.74, 6) is 0.809. The number of carbonyl (C=O) groups excluding carboxylic acids is 1. The minimum atomic E-state index is -0.579. The standard InChI is InChI=1S/C17H19N3O3S/c1-5-24-15-18-13-10-8-9-20(16(22)23-17(2,3)4)12(10)7-6-11(13)14(21)19-15/h6-9H,5H2,1-4H3,(H,18,19,21). The molecule has 3 rings (SSSR count). The van der Waals surface area contributed by atoms with Crippen molar-refractivity contribution in [3.8, 4) is 0 Å². The molecular weight excluding hydrogens is 326 g/mol. The van der Waals surface area contributed by atoms with Gasteiger partial charge in [0, 0.05) is 11.6 Å². The molecule has 0 saturated carbocycles. The van der Waals surface area contributed by atoms with E-state index in [1.165, 1.54) is 16.3 Å². The number of rotatable bonds is 2. The van der Waals surface area contributed by atoms with Crippen LogP contribution in [0.25, 0.3) is 21.8 Å². The Hall–Kier alpha value is -2.28. The smallest absolute Gasteiger partial charge is 0.418 e. The number of nitrogens with one attached hydrogen (secondary N) is 1. The molecule has 126 valence electrons. The van der Waals surface area contributed by atoms with Gasteiger partial charge in [-0.25, -0.2) is 9.78 Å². The third kappa shape index (κ3) is 3.03. The van der Waals surface area contributed by atoms with Crippen molar-refractivity contribution in [1.82, 2.24) is 14.5 Å². The van der Waals surface area contributed by atoms with Crippen molar-refractivity contribution in [2.75, 3.05) is 5.75 Å². The summed E-state index contributed by atoms with van der Waals surface area (Å²) in [6.07, 6.45) is 1.19. The molecule has 2 heterocycles. The van der Waals surface area contributed by atoms with Crippen molar-refractivity contribution < 1.29 is 9.53 Å². The molecule has 0 aliphatic carbocycles. The third-order valence-electron chi connectivity index (χ3n) is 3.39. The summed E-state index contributed by atoms with van der Waals surface area (Å²) in [7, 11) is 0. The Kier molecular flexibility index (Phi) is 4.13. The van der Waals surface area contributed by atoms with E-state index in [0.717, 1.165) is 11.1 Å². The molecule has 0 saturated heterocycles. The number of thioether (sulfide) groups is 1. The second-order valence-corrected chi connectivity index (χ2v) is 7.62. The van der Waals surface area contributed by atoms with Crippen LogP contribution in [0.2, 0.25) is 0 Å². The maximum Gasteiger partial charge on any atom is 0.418 e. The molecule has 0 bridgehead atoms. The van der Waals surface area contributed by atoms with E-state index in [1.807, 2.05) is 27.7 Å². The number of aromatic nitrogens is 3. The quantitative estimate of drug-likeness (QED) is 0.565. The van der Waals surface area contributed by atoms with Gasteiger partial charge in [-0.2, -0.15) is 0 Å². The topological polar surface area (TPSA) is 77.0 Å². The first-order valence-electron chi connectivity index (χ1n) is 7.70. The number of nitrogens with zero attached hydrogens (tertiary/aromatic N) is 2. The average molecular weight is 345 g/mol. The van der Waals surface area contributed by atoms with E-state index in [2.05, 4.69) is 9.97 Å². The van der Waals surface area contributed by atoms with Gasteiger partial charge >= 0.3 is 6.09 Å². The Morgan fingerprint density at radius 3 is 2.71 bits per heavy atom. The molecule has 0 radical (unpaired) electrons. The SMILES string of the molecule is CCSc1nc2c(ccc3c2ccn3C(=O)OC(C)(C)C)c(=O)[nH]1. The van der Waals surface area contributed by atoms with Gasteiger partial charge in [0.05, 0.1) is 16.4 Å². The normalized spacial score (nSPS) is 12.0. The largest absolute Gasteiger partial charge is 0.443 e. The van der Waals surface area contributed by atoms with Crippen LogP contribution < -0.4 is 5.56 Å². The number of fused-ring (bicyclic) bond motifs is 3. The van der Waals surface area contributed by atoms with Crippen LogP contribution in [-0.4, -0.2) is 32.0 Å². The predicted octanol–water partition coefficient (Wildman–Crippen LogP) is 3.77. The van der Waals surface area contributed by atoms with Gasteiger partial charge < -0.3 is 9.72 Å². The Bertz CT molecular complexity index is 982. The molecule has 0 aliphatic heterocycles. The van der Waals surface area contributed by atoms with Crippen molar-refractivity contribution in [2.24, 2.45) is 0 Å². The average Bonchev–Trinajstić information content (AvgIpc) is 2.90. The van der Waals surface area contributed by atoms with E-state index in [4.69, 9.17) is 4.74 Å². The van der Waals surface area contributed by atoms with Crippen LogP contribution in [0.4, 0.5) is 4.79 Å². The van der Waals surface area contributed by atoms with Crippen LogP contribution in [0, 0.1) is 0 Å². The molecule has 0 atom stereocenters. The minimum absolute atomic E-state index is 0.178. The van der Waals surface area contributed by atoms with Crippen LogP contribution >= 0.6 is 11.8 Å². The van der Waals surface area contributed by atoms with Gasteiger partial charge in [0.1, 0.15) is 5.60 Å². The number of ether oxygens (including phenoxy) is 1. The highest BCUT2D eigenvalue weighted by molar-refractivity contribution is 7.99. The van der Waals surface area contributed by atoms with Crippen LogP contribution in [0.5, 0.6) is 0 Å². The molecule has 0 unspecified atom stereocenters. The summed E-state index contributed by atoms with van der Waals surface area (Å²) in [4.78, 5) is 31.9. The number of benzene rings is 1. The summed E-state index contributed by atoms with van der Waals surface area (Å²) >= 11 is 1.47. The van der Waals surface area contributed by atoms with Crippen LogP contribution in [0.3, 0.4) is 0 Å².